The number of aryl methyl sites for hydroxylation is 1. The second-order valence-electron chi connectivity index (χ2n) is 5.12. The molecule has 21 heavy (non-hydrogen) atoms. The fraction of sp³-hybridized carbons (Fsp3) is 0.176. The van der Waals surface area contributed by atoms with Crippen molar-refractivity contribution in [1.29, 1.82) is 0 Å². The molecule has 0 aliphatic heterocycles. The van der Waals surface area contributed by atoms with E-state index in [9.17, 15) is 13.9 Å². The summed E-state index contributed by atoms with van der Waals surface area (Å²) in [6.45, 7) is 1.82. The minimum absolute atomic E-state index is 0.275. The zero-order chi connectivity index (χ0) is 15.0. The molecule has 4 heteroatoms. The third kappa shape index (κ3) is 2.96. The summed E-state index contributed by atoms with van der Waals surface area (Å²) in [5.74, 6) is -0.553. The number of fused-ring (bicyclic) bond motifs is 1. The molecule has 0 radical (unpaired) electrons. The molecule has 1 unspecified atom stereocenters. The summed E-state index contributed by atoms with van der Waals surface area (Å²) in [7, 11) is 0. The van der Waals surface area contributed by atoms with E-state index in [1.165, 1.54) is 35.6 Å². The van der Waals surface area contributed by atoms with Crippen LogP contribution in [0.5, 0.6) is 0 Å². The Balaban J connectivity index is 1.87. The van der Waals surface area contributed by atoms with Crippen LogP contribution in [0, 0.1) is 18.6 Å². The highest BCUT2D eigenvalue weighted by atomic mass is 32.1. The Morgan fingerprint density at radius 2 is 1.76 bits per heavy atom. The van der Waals surface area contributed by atoms with E-state index >= 15 is 0 Å². The molecule has 0 fully saturated rings. The molecule has 1 N–H and O–H groups in total. The van der Waals surface area contributed by atoms with Gasteiger partial charge in [-0.15, -0.1) is 11.3 Å². The molecule has 1 aromatic heterocycles. The van der Waals surface area contributed by atoms with Gasteiger partial charge in [0.15, 0.2) is 0 Å². The molecular formula is C17H14F2OS. The predicted octanol–water partition coefficient (Wildman–Crippen LogP) is 4.76. The lowest BCUT2D eigenvalue weighted by atomic mass is 10.0. The van der Waals surface area contributed by atoms with Crippen LogP contribution in [-0.4, -0.2) is 5.11 Å². The van der Waals surface area contributed by atoms with Crippen molar-refractivity contribution in [2.24, 2.45) is 0 Å². The largest absolute Gasteiger partial charge is 0.387 e. The van der Waals surface area contributed by atoms with Gasteiger partial charge in [-0.25, -0.2) is 8.78 Å². The average Bonchev–Trinajstić information content (AvgIpc) is 2.85. The zero-order valence-corrected chi connectivity index (χ0v) is 12.3. The van der Waals surface area contributed by atoms with E-state index in [4.69, 9.17) is 0 Å². The van der Waals surface area contributed by atoms with Crippen molar-refractivity contribution < 1.29 is 13.9 Å². The second kappa shape index (κ2) is 5.54. The topological polar surface area (TPSA) is 20.2 Å². The first-order valence-corrected chi connectivity index (χ1v) is 7.46. The van der Waals surface area contributed by atoms with Gasteiger partial charge >= 0.3 is 0 Å². The van der Waals surface area contributed by atoms with E-state index in [2.05, 4.69) is 0 Å². The molecule has 0 aliphatic carbocycles. The van der Waals surface area contributed by atoms with Gasteiger partial charge in [-0.1, -0.05) is 12.1 Å². The van der Waals surface area contributed by atoms with E-state index in [1.54, 1.807) is 12.1 Å². The molecule has 0 saturated heterocycles. The van der Waals surface area contributed by atoms with Crippen LogP contribution in [-0.2, 0) is 6.42 Å². The molecule has 0 saturated carbocycles. The number of rotatable bonds is 3. The van der Waals surface area contributed by atoms with Gasteiger partial charge in [0.25, 0.3) is 0 Å². The Morgan fingerprint density at radius 1 is 1.05 bits per heavy atom. The van der Waals surface area contributed by atoms with Crippen molar-refractivity contribution in [3.05, 3.63) is 70.1 Å². The molecule has 0 amide bonds. The first-order chi connectivity index (χ1) is 10.0. The molecule has 3 rings (SSSR count). The standard InChI is InChI=1S/C17H14F2OS/c1-10-6-13(18)4-2-11(10)7-15(20)17-8-12-3-5-14(19)9-16(12)21-17/h2-6,8-9,15,20H,7H2,1H3. The van der Waals surface area contributed by atoms with Gasteiger partial charge in [-0.2, -0.15) is 0 Å². The number of thiophene rings is 1. The Kier molecular flexibility index (Phi) is 3.74. The number of hydrogen-bond acceptors (Lipinski definition) is 2. The molecule has 1 heterocycles. The van der Waals surface area contributed by atoms with Gasteiger partial charge in [-0.05, 0) is 53.8 Å². The van der Waals surface area contributed by atoms with Gasteiger partial charge in [0.05, 0.1) is 6.10 Å². The highest BCUT2D eigenvalue weighted by Crippen LogP contribution is 2.32. The van der Waals surface area contributed by atoms with Crippen molar-refractivity contribution >= 4 is 21.4 Å². The van der Waals surface area contributed by atoms with Crippen LogP contribution >= 0.6 is 11.3 Å². The molecule has 0 spiro atoms. The van der Waals surface area contributed by atoms with Crippen LogP contribution in [0.3, 0.4) is 0 Å². The average molecular weight is 304 g/mol. The molecule has 0 bridgehead atoms. The van der Waals surface area contributed by atoms with Gasteiger partial charge in [0, 0.05) is 16.0 Å². The Morgan fingerprint density at radius 3 is 2.52 bits per heavy atom. The Hall–Kier alpha value is -1.78. The summed E-state index contributed by atoms with van der Waals surface area (Å²) in [5.41, 5.74) is 1.73. The van der Waals surface area contributed by atoms with E-state index in [-0.39, 0.29) is 11.6 Å². The molecule has 2 aromatic carbocycles. The number of benzene rings is 2. The maximum absolute atomic E-state index is 13.2. The molecule has 108 valence electrons. The van der Waals surface area contributed by atoms with E-state index in [0.29, 0.717) is 6.42 Å². The number of aliphatic hydroxyl groups is 1. The van der Waals surface area contributed by atoms with Crippen molar-refractivity contribution in [2.75, 3.05) is 0 Å². The van der Waals surface area contributed by atoms with Crippen molar-refractivity contribution in [3.8, 4) is 0 Å². The lowest BCUT2D eigenvalue weighted by Gasteiger charge is -2.11. The number of hydrogen-bond donors (Lipinski definition) is 1. The third-order valence-corrected chi connectivity index (χ3v) is 4.75. The Labute approximate surface area is 125 Å². The molecular weight excluding hydrogens is 290 g/mol. The lowest BCUT2D eigenvalue weighted by Crippen LogP contribution is -2.01. The number of aliphatic hydroxyl groups excluding tert-OH is 1. The third-order valence-electron chi connectivity index (χ3n) is 3.55. The van der Waals surface area contributed by atoms with Gasteiger partial charge in [-0.3, -0.25) is 0 Å². The summed E-state index contributed by atoms with van der Waals surface area (Å²) in [6.07, 6.45) is -0.254. The van der Waals surface area contributed by atoms with E-state index < -0.39 is 6.10 Å². The SMILES string of the molecule is Cc1cc(F)ccc1CC(O)c1cc2ccc(F)cc2s1. The predicted molar refractivity (Wildman–Crippen MR) is 81.6 cm³/mol. The fourth-order valence-electron chi connectivity index (χ4n) is 2.39. The maximum Gasteiger partial charge on any atom is 0.124 e. The summed E-state index contributed by atoms with van der Waals surface area (Å²) >= 11 is 1.38. The molecule has 1 nitrogen and oxygen atoms in total. The fourth-order valence-corrected chi connectivity index (χ4v) is 3.46. The van der Waals surface area contributed by atoms with Gasteiger partial charge in [0.1, 0.15) is 11.6 Å². The first kappa shape index (κ1) is 14.2. The van der Waals surface area contributed by atoms with Gasteiger partial charge < -0.3 is 5.11 Å². The summed E-state index contributed by atoms with van der Waals surface area (Å²) < 4.78 is 27.1. The molecule has 3 aromatic rings. The highest BCUT2D eigenvalue weighted by molar-refractivity contribution is 7.19. The van der Waals surface area contributed by atoms with Crippen molar-refractivity contribution in [1.82, 2.24) is 0 Å². The monoisotopic (exact) mass is 304 g/mol. The van der Waals surface area contributed by atoms with Crippen LogP contribution in [0.15, 0.2) is 42.5 Å². The normalized spacial score (nSPS) is 12.8. The van der Waals surface area contributed by atoms with E-state index in [0.717, 1.165) is 26.1 Å². The van der Waals surface area contributed by atoms with Crippen LogP contribution < -0.4 is 0 Å². The minimum Gasteiger partial charge on any atom is -0.387 e. The zero-order valence-electron chi connectivity index (χ0n) is 11.4. The maximum atomic E-state index is 13.2. The smallest absolute Gasteiger partial charge is 0.124 e. The highest BCUT2D eigenvalue weighted by Gasteiger charge is 2.14. The molecule has 0 aliphatic rings. The van der Waals surface area contributed by atoms with Gasteiger partial charge in [0.2, 0.25) is 0 Å². The van der Waals surface area contributed by atoms with Crippen LogP contribution in [0.4, 0.5) is 8.78 Å². The van der Waals surface area contributed by atoms with Crippen LogP contribution in [0.1, 0.15) is 22.1 Å². The Bertz CT molecular complexity index is 795. The first-order valence-electron chi connectivity index (χ1n) is 6.65. The lowest BCUT2D eigenvalue weighted by molar-refractivity contribution is 0.182. The summed E-state index contributed by atoms with van der Waals surface area (Å²) in [5, 5.41) is 11.3. The van der Waals surface area contributed by atoms with Crippen molar-refractivity contribution in [3.63, 3.8) is 0 Å². The van der Waals surface area contributed by atoms with Crippen LogP contribution in [0.2, 0.25) is 0 Å². The molecule has 1 atom stereocenters. The second-order valence-corrected chi connectivity index (χ2v) is 6.24. The summed E-state index contributed by atoms with van der Waals surface area (Å²) in [6, 6.07) is 11.0. The van der Waals surface area contributed by atoms with Crippen LogP contribution in [0.25, 0.3) is 10.1 Å². The summed E-state index contributed by atoms with van der Waals surface area (Å²) in [4.78, 5) is 0.791. The number of halogens is 2. The van der Waals surface area contributed by atoms with E-state index in [1.807, 2.05) is 13.0 Å². The minimum atomic E-state index is -0.672. The quantitative estimate of drug-likeness (QED) is 0.739. The van der Waals surface area contributed by atoms with Crippen molar-refractivity contribution in [2.45, 2.75) is 19.4 Å².